The molecule has 0 unspecified atom stereocenters. The van der Waals surface area contributed by atoms with Crippen LogP contribution in [0.1, 0.15) is 10.4 Å². The van der Waals surface area contributed by atoms with E-state index in [2.05, 4.69) is 9.71 Å². The summed E-state index contributed by atoms with van der Waals surface area (Å²) in [5.74, 6) is -1.97. The lowest BCUT2D eigenvalue weighted by Crippen LogP contribution is -2.14. The van der Waals surface area contributed by atoms with Crippen LogP contribution in [0.4, 0.5) is 10.1 Å². The molecule has 0 radical (unpaired) electrons. The number of nitrogens with one attached hydrogen (secondary N) is 1. The second kappa shape index (κ2) is 5.25. The van der Waals surface area contributed by atoms with Gasteiger partial charge in [0, 0.05) is 6.20 Å². The standard InChI is InChI=1S/C12H9FN2O4S/c13-10-7-14-6-5-11(10)15-20(18,19)9-3-1-8(2-4-9)12(16)17/h1-7H,(H,14,15)(H,16,17). The van der Waals surface area contributed by atoms with Gasteiger partial charge in [-0.2, -0.15) is 0 Å². The highest BCUT2D eigenvalue weighted by molar-refractivity contribution is 7.92. The van der Waals surface area contributed by atoms with Gasteiger partial charge in [0.05, 0.1) is 22.3 Å². The SMILES string of the molecule is O=C(O)c1ccc(S(=O)(=O)Nc2ccncc2F)cc1. The van der Waals surface area contributed by atoms with Gasteiger partial charge >= 0.3 is 5.97 Å². The molecule has 8 heteroatoms. The summed E-state index contributed by atoms with van der Waals surface area (Å²) in [5.41, 5.74) is -0.277. The number of hydrogen-bond donors (Lipinski definition) is 2. The summed E-state index contributed by atoms with van der Waals surface area (Å²) in [6.07, 6.45) is 2.12. The van der Waals surface area contributed by atoms with Gasteiger partial charge in [0.1, 0.15) is 0 Å². The predicted octanol–water partition coefficient (Wildman–Crippen LogP) is 1.72. The molecule has 2 rings (SSSR count). The van der Waals surface area contributed by atoms with Crippen molar-refractivity contribution in [1.82, 2.24) is 4.98 Å². The van der Waals surface area contributed by atoms with Crippen molar-refractivity contribution in [2.24, 2.45) is 0 Å². The van der Waals surface area contributed by atoms with Crippen molar-refractivity contribution in [2.75, 3.05) is 4.72 Å². The minimum absolute atomic E-state index is 0.0426. The van der Waals surface area contributed by atoms with Crippen molar-refractivity contribution in [3.8, 4) is 0 Å². The number of halogens is 1. The van der Waals surface area contributed by atoms with E-state index in [1.807, 2.05) is 0 Å². The van der Waals surface area contributed by atoms with Crippen molar-refractivity contribution >= 4 is 21.7 Å². The lowest BCUT2D eigenvalue weighted by molar-refractivity contribution is 0.0696. The molecule has 0 atom stereocenters. The average Bonchev–Trinajstić information content (AvgIpc) is 2.41. The second-order valence-corrected chi connectivity index (χ2v) is 5.47. The van der Waals surface area contributed by atoms with Crippen molar-refractivity contribution < 1.29 is 22.7 Å². The first-order valence-electron chi connectivity index (χ1n) is 5.36. The number of carboxylic acid groups (broad SMARTS) is 1. The maximum absolute atomic E-state index is 13.3. The van der Waals surface area contributed by atoms with Gasteiger partial charge in [-0.05, 0) is 30.3 Å². The van der Waals surface area contributed by atoms with Gasteiger partial charge in [0.2, 0.25) is 0 Å². The fourth-order valence-corrected chi connectivity index (χ4v) is 2.51. The molecule has 0 spiro atoms. The molecule has 0 aliphatic heterocycles. The molecular formula is C12H9FN2O4S. The van der Waals surface area contributed by atoms with E-state index >= 15 is 0 Å². The number of sulfonamides is 1. The van der Waals surface area contributed by atoms with Crippen molar-refractivity contribution in [1.29, 1.82) is 0 Å². The molecule has 0 saturated heterocycles. The zero-order valence-corrected chi connectivity index (χ0v) is 10.8. The molecule has 2 N–H and O–H groups in total. The summed E-state index contributed by atoms with van der Waals surface area (Å²) in [5, 5.41) is 8.73. The van der Waals surface area contributed by atoms with Gasteiger partial charge in [-0.1, -0.05) is 0 Å². The number of carbonyl (C=O) groups is 1. The number of pyridine rings is 1. The van der Waals surface area contributed by atoms with Crippen LogP contribution in [-0.4, -0.2) is 24.5 Å². The van der Waals surface area contributed by atoms with Crippen molar-refractivity contribution in [3.63, 3.8) is 0 Å². The summed E-state index contributed by atoms with van der Waals surface area (Å²) in [6.45, 7) is 0. The van der Waals surface area contributed by atoms with Crippen LogP contribution in [0.3, 0.4) is 0 Å². The first-order valence-corrected chi connectivity index (χ1v) is 6.84. The minimum atomic E-state index is -3.99. The van der Waals surface area contributed by atoms with Crippen LogP contribution in [0.15, 0.2) is 47.6 Å². The van der Waals surface area contributed by atoms with Gasteiger partial charge in [0.15, 0.2) is 5.82 Å². The molecule has 0 fully saturated rings. The van der Waals surface area contributed by atoms with Crippen molar-refractivity contribution in [2.45, 2.75) is 4.90 Å². The Morgan fingerprint density at radius 2 is 1.85 bits per heavy atom. The van der Waals surface area contributed by atoms with Gasteiger partial charge in [-0.25, -0.2) is 17.6 Å². The summed E-state index contributed by atoms with van der Waals surface area (Å²) in [6, 6.07) is 5.74. The number of rotatable bonds is 4. The summed E-state index contributed by atoms with van der Waals surface area (Å²) in [7, 11) is -3.99. The van der Waals surface area contributed by atoms with Gasteiger partial charge < -0.3 is 5.11 Å². The number of benzene rings is 1. The molecule has 1 heterocycles. The van der Waals surface area contributed by atoms with Gasteiger partial charge in [-0.3, -0.25) is 9.71 Å². The highest BCUT2D eigenvalue weighted by Crippen LogP contribution is 2.18. The third kappa shape index (κ3) is 2.91. The van der Waals surface area contributed by atoms with E-state index in [-0.39, 0.29) is 16.1 Å². The maximum atomic E-state index is 13.3. The third-order valence-electron chi connectivity index (χ3n) is 2.43. The van der Waals surface area contributed by atoms with E-state index < -0.39 is 21.8 Å². The number of hydrogen-bond acceptors (Lipinski definition) is 4. The molecule has 0 saturated carbocycles. The van der Waals surface area contributed by atoms with E-state index in [9.17, 15) is 17.6 Å². The monoisotopic (exact) mass is 296 g/mol. The maximum Gasteiger partial charge on any atom is 0.335 e. The number of aromatic nitrogens is 1. The Balaban J connectivity index is 2.31. The average molecular weight is 296 g/mol. The van der Waals surface area contributed by atoms with E-state index in [1.54, 1.807) is 0 Å². The predicted molar refractivity (Wildman–Crippen MR) is 68.4 cm³/mol. The summed E-state index contributed by atoms with van der Waals surface area (Å²) >= 11 is 0. The third-order valence-corrected chi connectivity index (χ3v) is 3.81. The largest absolute Gasteiger partial charge is 0.478 e. The Kier molecular flexibility index (Phi) is 3.66. The Morgan fingerprint density at radius 3 is 2.40 bits per heavy atom. The van der Waals surface area contributed by atoms with Crippen LogP contribution in [0.2, 0.25) is 0 Å². The molecule has 0 aliphatic carbocycles. The van der Waals surface area contributed by atoms with Crippen LogP contribution in [-0.2, 0) is 10.0 Å². The van der Waals surface area contributed by atoms with Crippen LogP contribution >= 0.6 is 0 Å². The van der Waals surface area contributed by atoms with E-state index in [0.29, 0.717) is 0 Å². The first kappa shape index (κ1) is 13.9. The molecule has 2 aromatic rings. The zero-order chi connectivity index (χ0) is 14.8. The highest BCUT2D eigenvalue weighted by Gasteiger charge is 2.16. The Morgan fingerprint density at radius 1 is 1.20 bits per heavy atom. The Bertz CT molecular complexity index is 744. The fourth-order valence-electron chi connectivity index (χ4n) is 1.44. The van der Waals surface area contributed by atoms with E-state index in [1.165, 1.54) is 12.3 Å². The Hall–Kier alpha value is -2.48. The highest BCUT2D eigenvalue weighted by atomic mass is 32.2. The second-order valence-electron chi connectivity index (χ2n) is 3.79. The van der Waals surface area contributed by atoms with E-state index in [4.69, 9.17) is 5.11 Å². The van der Waals surface area contributed by atoms with Crippen LogP contribution in [0, 0.1) is 5.82 Å². The van der Waals surface area contributed by atoms with Crippen LogP contribution in [0.25, 0.3) is 0 Å². The molecule has 104 valence electrons. The minimum Gasteiger partial charge on any atom is -0.478 e. The molecule has 0 bridgehead atoms. The number of carboxylic acids is 1. The molecule has 6 nitrogen and oxygen atoms in total. The molecular weight excluding hydrogens is 287 g/mol. The Labute approximate surface area is 114 Å². The normalized spacial score (nSPS) is 11.1. The number of anilines is 1. The van der Waals surface area contributed by atoms with E-state index in [0.717, 1.165) is 30.5 Å². The number of nitrogens with zero attached hydrogens (tertiary/aromatic N) is 1. The zero-order valence-electron chi connectivity index (χ0n) is 9.95. The smallest absolute Gasteiger partial charge is 0.335 e. The molecule has 1 aromatic heterocycles. The van der Waals surface area contributed by atoms with Crippen LogP contribution < -0.4 is 4.72 Å². The quantitative estimate of drug-likeness (QED) is 0.895. The number of aromatic carboxylic acids is 1. The topological polar surface area (TPSA) is 96.4 Å². The van der Waals surface area contributed by atoms with Gasteiger partial charge in [0.25, 0.3) is 10.0 Å². The molecule has 0 aliphatic rings. The lowest BCUT2D eigenvalue weighted by Gasteiger charge is -2.08. The molecule has 1 aromatic carbocycles. The van der Waals surface area contributed by atoms with Crippen LogP contribution in [0.5, 0.6) is 0 Å². The summed E-state index contributed by atoms with van der Waals surface area (Å²) in [4.78, 5) is 14.0. The molecule has 20 heavy (non-hydrogen) atoms. The molecule has 0 amide bonds. The first-order chi connectivity index (χ1) is 9.40. The lowest BCUT2D eigenvalue weighted by atomic mass is 10.2. The summed E-state index contributed by atoms with van der Waals surface area (Å²) < 4.78 is 39.4. The van der Waals surface area contributed by atoms with Crippen molar-refractivity contribution in [3.05, 3.63) is 54.1 Å². The fraction of sp³-hybridized carbons (Fsp3) is 0. The van der Waals surface area contributed by atoms with Gasteiger partial charge in [-0.15, -0.1) is 0 Å².